The smallest absolute Gasteiger partial charge is 0.256 e. The van der Waals surface area contributed by atoms with Gasteiger partial charge in [-0.3, -0.25) is 18.9 Å². The summed E-state index contributed by atoms with van der Waals surface area (Å²) >= 11 is 13.5. The predicted molar refractivity (Wildman–Crippen MR) is 98.9 cm³/mol. The van der Waals surface area contributed by atoms with Crippen molar-refractivity contribution in [2.45, 2.75) is 41.3 Å². The lowest BCUT2D eigenvalue weighted by Crippen LogP contribution is -2.59. The summed E-state index contributed by atoms with van der Waals surface area (Å²) in [6.07, 6.45) is 2.25. The van der Waals surface area contributed by atoms with Gasteiger partial charge in [-0.2, -0.15) is 5.26 Å². The molecule has 2 N–H and O–H groups in total. The van der Waals surface area contributed by atoms with E-state index in [-0.39, 0.29) is 29.7 Å². The number of alkyl halides is 2. The second kappa shape index (κ2) is 9.28. The van der Waals surface area contributed by atoms with E-state index in [0.717, 1.165) is 19.3 Å². The quantitative estimate of drug-likeness (QED) is 0.520. The molecule has 7 nitrogen and oxygen atoms in total. The normalized spacial score (nSPS) is 33.2. The van der Waals surface area contributed by atoms with Crippen molar-refractivity contribution in [1.29, 1.82) is 5.26 Å². The third-order valence-electron chi connectivity index (χ3n) is 4.27. The molecule has 1 aliphatic heterocycles. The predicted octanol–water partition coefficient (Wildman–Crippen LogP) is 0.935. The molecular weight excluding hydrogens is 385 g/mol. The summed E-state index contributed by atoms with van der Waals surface area (Å²) in [5.74, 6) is -0.646. The van der Waals surface area contributed by atoms with Crippen molar-refractivity contribution in [1.82, 2.24) is 20.1 Å². The van der Waals surface area contributed by atoms with Gasteiger partial charge in [-0.25, -0.2) is 5.43 Å². The Bertz CT molecular complexity index is 545. The van der Waals surface area contributed by atoms with Gasteiger partial charge in [-0.05, 0) is 33.4 Å². The SMILES string of the molecule is CN(C)SC1CC(NC(=O)CN2NCC(Cl)C(Cl)C2=O)CCC1C#N. The zero-order chi connectivity index (χ0) is 18.6. The Hall–Kier alpha value is -0.720. The highest BCUT2D eigenvalue weighted by atomic mass is 35.5. The first kappa shape index (κ1) is 20.6. The first-order valence-electron chi connectivity index (χ1n) is 8.18. The molecule has 0 bridgehead atoms. The first-order valence-corrected chi connectivity index (χ1v) is 9.88. The molecule has 25 heavy (non-hydrogen) atoms. The van der Waals surface area contributed by atoms with E-state index >= 15 is 0 Å². The number of nitriles is 1. The van der Waals surface area contributed by atoms with Crippen molar-refractivity contribution in [3.8, 4) is 6.07 Å². The highest BCUT2D eigenvalue weighted by Crippen LogP contribution is 2.34. The summed E-state index contributed by atoms with van der Waals surface area (Å²) in [7, 11) is 3.89. The highest BCUT2D eigenvalue weighted by Gasteiger charge is 2.36. The van der Waals surface area contributed by atoms with Gasteiger partial charge < -0.3 is 5.32 Å². The van der Waals surface area contributed by atoms with Gasteiger partial charge in [0.1, 0.15) is 11.9 Å². The standard InChI is InChI=1S/C15H23Cl2N5O2S/c1-21(2)25-12-5-10(4-3-9(12)6-18)20-13(23)8-22-15(24)14(17)11(16)7-19-22/h9-12,14,19H,3-5,7-8H2,1-2H3,(H,20,23). The molecule has 2 fully saturated rings. The van der Waals surface area contributed by atoms with E-state index < -0.39 is 16.7 Å². The van der Waals surface area contributed by atoms with Gasteiger partial charge in [-0.15, -0.1) is 23.2 Å². The Kier molecular flexibility index (Phi) is 7.65. The van der Waals surface area contributed by atoms with E-state index in [4.69, 9.17) is 23.2 Å². The summed E-state index contributed by atoms with van der Waals surface area (Å²) in [5, 5.41) is 12.3. The fourth-order valence-electron chi connectivity index (χ4n) is 3.03. The minimum absolute atomic E-state index is 0.00187. The van der Waals surface area contributed by atoms with Crippen LogP contribution in [0.25, 0.3) is 0 Å². The van der Waals surface area contributed by atoms with Gasteiger partial charge >= 0.3 is 0 Å². The van der Waals surface area contributed by atoms with Crippen LogP contribution < -0.4 is 10.7 Å². The number of halogens is 2. The van der Waals surface area contributed by atoms with E-state index in [9.17, 15) is 14.9 Å². The van der Waals surface area contributed by atoms with Crippen LogP contribution in [0.15, 0.2) is 0 Å². The Morgan fingerprint density at radius 3 is 2.84 bits per heavy atom. The van der Waals surface area contributed by atoms with Gasteiger partial charge in [0.05, 0.1) is 17.4 Å². The Morgan fingerprint density at radius 1 is 1.48 bits per heavy atom. The third-order valence-corrected chi connectivity index (χ3v) is 6.51. The lowest BCUT2D eigenvalue weighted by molar-refractivity contribution is -0.141. The molecule has 2 rings (SSSR count). The topological polar surface area (TPSA) is 88.5 Å². The Morgan fingerprint density at radius 2 is 2.20 bits per heavy atom. The zero-order valence-corrected chi connectivity index (χ0v) is 16.6. The van der Waals surface area contributed by atoms with Crippen LogP contribution in [0.1, 0.15) is 19.3 Å². The van der Waals surface area contributed by atoms with Crippen LogP contribution in [0.2, 0.25) is 0 Å². The molecule has 2 aliphatic rings. The lowest BCUT2D eigenvalue weighted by atomic mass is 9.86. The van der Waals surface area contributed by atoms with Gasteiger partial charge in [0, 0.05) is 17.8 Å². The number of carbonyl (C=O) groups excluding carboxylic acids is 2. The fraction of sp³-hybridized carbons (Fsp3) is 0.800. The highest BCUT2D eigenvalue weighted by molar-refractivity contribution is 7.97. The number of nitrogens with zero attached hydrogens (tertiary/aromatic N) is 3. The van der Waals surface area contributed by atoms with E-state index in [0.29, 0.717) is 6.54 Å². The second-order valence-electron chi connectivity index (χ2n) is 6.47. The molecule has 2 amide bonds. The number of carbonyl (C=O) groups is 2. The average molecular weight is 408 g/mol. The molecule has 140 valence electrons. The fourth-order valence-corrected chi connectivity index (χ4v) is 4.62. The number of nitrogens with one attached hydrogen (secondary N) is 2. The molecule has 0 aromatic rings. The molecule has 1 aliphatic carbocycles. The monoisotopic (exact) mass is 407 g/mol. The second-order valence-corrected chi connectivity index (χ2v) is 9.05. The molecule has 5 unspecified atom stereocenters. The number of rotatable bonds is 5. The minimum Gasteiger partial charge on any atom is -0.352 e. The number of hydrazine groups is 1. The van der Waals surface area contributed by atoms with Crippen molar-refractivity contribution in [3.05, 3.63) is 0 Å². The molecule has 0 radical (unpaired) electrons. The summed E-state index contributed by atoms with van der Waals surface area (Å²) in [6, 6.07) is 2.37. The molecule has 0 spiro atoms. The van der Waals surface area contributed by atoms with Crippen LogP contribution in [-0.4, -0.2) is 70.4 Å². The van der Waals surface area contributed by atoms with Gasteiger partial charge in [0.2, 0.25) is 5.91 Å². The number of hydrogen-bond donors (Lipinski definition) is 2. The van der Waals surface area contributed by atoms with Crippen molar-refractivity contribution < 1.29 is 9.59 Å². The number of hydrogen-bond acceptors (Lipinski definition) is 6. The maximum absolute atomic E-state index is 12.3. The van der Waals surface area contributed by atoms with E-state index in [1.807, 2.05) is 18.4 Å². The summed E-state index contributed by atoms with van der Waals surface area (Å²) in [6.45, 7) is 0.235. The summed E-state index contributed by atoms with van der Waals surface area (Å²) in [4.78, 5) is 24.3. The Labute approximate surface area is 162 Å². The van der Waals surface area contributed by atoms with Gasteiger partial charge in [-0.1, -0.05) is 11.9 Å². The molecule has 1 saturated carbocycles. The van der Waals surface area contributed by atoms with Crippen LogP contribution in [0.5, 0.6) is 0 Å². The van der Waals surface area contributed by atoms with Crippen LogP contribution in [0, 0.1) is 17.2 Å². The molecule has 5 atom stereocenters. The van der Waals surface area contributed by atoms with E-state index in [2.05, 4.69) is 16.8 Å². The zero-order valence-electron chi connectivity index (χ0n) is 14.2. The van der Waals surface area contributed by atoms with Crippen LogP contribution >= 0.6 is 35.1 Å². The molecule has 0 aromatic heterocycles. The summed E-state index contributed by atoms with van der Waals surface area (Å²) < 4.78 is 1.98. The largest absolute Gasteiger partial charge is 0.352 e. The molecule has 10 heteroatoms. The maximum Gasteiger partial charge on any atom is 0.256 e. The molecule has 1 heterocycles. The molecule has 1 saturated heterocycles. The summed E-state index contributed by atoms with van der Waals surface area (Å²) in [5.41, 5.74) is 2.82. The molecule has 0 aromatic carbocycles. The molecular formula is C15H23Cl2N5O2S. The van der Waals surface area contributed by atoms with Crippen molar-refractivity contribution in [3.63, 3.8) is 0 Å². The van der Waals surface area contributed by atoms with Crippen molar-refractivity contribution in [2.75, 3.05) is 27.2 Å². The maximum atomic E-state index is 12.3. The lowest BCUT2D eigenvalue weighted by Gasteiger charge is -2.35. The third kappa shape index (κ3) is 5.63. The van der Waals surface area contributed by atoms with E-state index in [1.165, 1.54) is 5.01 Å². The van der Waals surface area contributed by atoms with E-state index in [1.54, 1.807) is 11.9 Å². The van der Waals surface area contributed by atoms with Crippen LogP contribution in [0.4, 0.5) is 0 Å². The Balaban J connectivity index is 1.86. The first-order chi connectivity index (χ1) is 11.8. The van der Waals surface area contributed by atoms with Gasteiger partial charge in [0.25, 0.3) is 5.91 Å². The van der Waals surface area contributed by atoms with Crippen molar-refractivity contribution >= 4 is 47.0 Å². The van der Waals surface area contributed by atoms with Crippen LogP contribution in [0.3, 0.4) is 0 Å². The average Bonchev–Trinajstić information content (AvgIpc) is 2.55. The minimum atomic E-state index is -0.831. The number of amides is 2. The van der Waals surface area contributed by atoms with Crippen LogP contribution in [-0.2, 0) is 9.59 Å². The van der Waals surface area contributed by atoms with Crippen molar-refractivity contribution in [2.24, 2.45) is 5.92 Å². The van der Waals surface area contributed by atoms with Gasteiger partial charge in [0.15, 0.2) is 0 Å².